The van der Waals surface area contributed by atoms with Crippen molar-refractivity contribution in [1.82, 2.24) is 9.88 Å². The molecule has 0 spiro atoms. The molecule has 0 bridgehead atoms. The Kier molecular flexibility index (Phi) is 7.88. The summed E-state index contributed by atoms with van der Waals surface area (Å²) in [5.74, 6) is -1.94. The van der Waals surface area contributed by atoms with Crippen LogP contribution in [0.25, 0.3) is 0 Å². The first-order valence-electron chi connectivity index (χ1n) is 12.1. The Morgan fingerprint density at radius 2 is 1.90 bits per heavy atom. The van der Waals surface area contributed by atoms with E-state index in [0.29, 0.717) is 18.4 Å². The van der Waals surface area contributed by atoms with Crippen LogP contribution in [0.3, 0.4) is 0 Å². The SMILES string of the molecule is CC(C)(CS(N)(=O)=O)C1CCN(C(=O)c2cc(C#N)c(OCc3ccc4c(c3)OC(F)(F)O4)nc2C(F)F)CC1. The maximum Gasteiger partial charge on any atom is 0.586 e. The number of carbonyl (C=O) groups is 1. The maximum absolute atomic E-state index is 14.0. The van der Waals surface area contributed by atoms with Gasteiger partial charge in [-0.25, -0.2) is 27.3 Å². The Bertz CT molecular complexity index is 1450. The summed E-state index contributed by atoms with van der Waals surface area (Å²) in [5, 5.41) is 14.8. The molecule has 1 amide bonds. The van der Waals surface area contributed by atoms with E-state index in [1.807, 2.05) is 0 Å². The molecule has 0 unspecified atom stereocenters. The number of halogens is 4. The average Bonchev–Trinajstić information content (AvgIpc) is 3.18. The van der Waals surface area contributed by atoms with E-state index in [1.54, 1.807) is 19.9 Å². The third-order valence-corrected chi connectivity index (χ3v) is 8.02. The number of piperidine rings is 1. The molecule has 0 radical (unpaired) electrons. The van der Waals surface area contributed by atoms with Crippen molar-refractivity contribution in [2.75, 3.05) is 18.8 Å². The van der Waals surface area contributed by atoms with Gasteiger partial charge in [-0.1, -0.05) is 19.9 Å². The predicted molar refractivity (Wildman–Crippen MR) is 131 cm³/mol. The molecule has 40 heavy (non-hydrogen) atoms. The Balaban J connectivity index is 1.50. The lowest BCUT2D eigenvalue weighted by Crippen LogP contribution is -2.44. The zero-order chi connectivity index (χ0) is 29.5. The van der Waals surface area contributed by atoms with Crippen LogP contribution in [0.2, 0.25) is 0 Å². The van der Waals surface area contributed by atoms with Gasteiger partial charge in [-0.3, -0.25) is 4.79 Å². The minimum absolute atomic E-state index is 0.0737. The fourth-order valence-corrected chi connectivity index (χ4v) is 6.22. The van der Waals surface area contributed by atoms with Crippen LogP contribution in [0.15, 0.2) is 24.3 Å². The number of fused-ring (bicyclic) bond motifs is 1. The number of aromatic nitrogens is 1. The third-order valence-electron chi connectivity index (χ3n) is 6.88. The molecule has 216 valence electrons. The number of amides is 1. The molecule has 15 heteroatoms. The minimum Gasteiger partial charge on any atom is -0.472 e. The van der Waals surface area contributed by atoms with Crippen molar-refractivity contribution in [2.24, 2.45) is 16.5 Å². The lowest BCUT2D eigenvalue weighted by Gasteiger charge is -2.40. The summed E-state index contributed by atoms with van der Waals surface area (Å²) >= 11 is 0. The van der Waals surface area contributed by atoms with E-state index in [-0.39, 0.29) is 48.4 Å². The third kappa shape index (κ3) is 6.56. The van der Waals surface area contributed by atoms with Crippen LogP contribution < -0.4 is 19.3 Å². The molecule has 10 nitrogen and oxygen atoms in total. The van der Waals surface area contributed by atoms with Gasteiger partial charge in [0.25, 0.3) is 12.3 Å². The highest BCUT2D eigenvalue weighted by Crippen LogP contribution is 2.41. The van der Waals surface area contributed by atoms with Crippen molar-refractivity contribution >= 4 is 15.9 Å². The van der Waals surface area contributed by atoms with Crippen LogP contribution in [0.5, 0.6) is 17.4 Å². The van der Waals surface area contributed by atoms with Gasteiger partial charge in [0, 0.05) is 13.1 Å². The number of alkyl halides is 4. The molecule has 1 saturated heterocycles. The number of nitrogens with two attached hydrogens (primary N) is 1. The zero-order valence-electron chi connectivity index (χ0n) is 21.5. The smallest absolute Gasteiger partial charge is 0.472 e. The van der Waals surface area contributed by atoms with Gasteiger partial charge in [-0.15, -0.1) is 8.78 Å². The summed E-state index contributed by atoms with van der Waals surface area (Å²) in [5.41, 5.74) is -1.95. The van der Waals surface area contributed by atoms with Crippen LogP contribution in [-0.2, 0) is 16.6 Å². The van der Waals surface area contributed by atoms with E-state index >= 15 is 0 Å². The summed E-state index contributed by atoms with van der Waals surface area (Å²) in [6.45, 7) is 3.58. The Hall–Kier alpha value is -3.64. The largest absolute Gasteiger partial charge is 0.586 e. The number of nitrogens with zero attached hydrogens (tertiary/aromatic N) is 3. The molecule has 0 saturated carbocycles. The molecule has 0 atom stereocenters. The lowest BCUT2D eigenvalue weighted by atomic mass is 9.75. The van der Waals surface area contributed by atoms with Crippen molar-refractivity contribution in [3.63, 3.8) is 0 Å². The minimum atomic E-state index is -3.82. The topological polar surface area (TPSA) is 145 Å². The Labute approximate surface area is 227 Å². The van der Waals surface area contributed by atoms with Crippen LogP contribution in [-0.4, -0.2) is 49.3 Å². The molecule has 2 N–H and O–H groups in total. The number of benzene rings is 1. The summed E-state index contributed by atoms with van der Waals surface area (Å²) in [4.78, 5) is 18.4. The van der Waals surface area contributed by atoms with Gasteiger partial charge >= 0.3 is 6.29 Å². The predicted octanol–water partition coefficient (Wildman–Crippen LogP) is 3.96. The summed E-state index contributed by atoms with van der Waals surface area (Å²) in [6.07, 6.45) is -6.13. The van der Waals surface area contributed by atoms with Crippen molar-refractivity contribution in [3.05, 3.63) is 46.6 Å². The van der Waals surface area contributed by atoms with Gasteiger partial charge in [0.1, 0.15) is 23.9 Å². The van der Waals surface area contributed by atoms with E-state index in [1.165, 1.54) is 23.1 Å². The number of sulfonamides is 1. The van der Waals surface area contributed by atoms with Crippen LogP contribution in [0.1, 0.15) is 60.3 Å². The van der Waals surface area contributed by atoms with Gasteiger partial charge in [0.05, 0.1) is 11.3 Å². The van der Waals surface area contributed by atoms with E-state index in [4.69, 9.17) is 9.88 Å². The number of likely N-dealkylation sites (tertiary alicyclic amines) is 1. The quantitative estimate of drug-likeness (QED) is 0.458. The van der Waals surface area contributed by atoms with E-state index < -0.39 is 51.2 Å². The Morgan fingerprint density at radius 1 is 1.25 bits per heavy atom. The first-order valence-corrected chi connectivity index (χ1v) is 13.8. The van der Waals surface area contributed by atoms with E-state index in [0.717, 1.165) is 6.07 Å². The van der Waals surface area contributed by atoms with Crippen molar-refractivity contribution < 1.29 is 45.0 Å². The lowest BCUT2D eigenvalue weighted by molar-refractivity contribution is -0.286. The number of pyridine rings is 1. The van der Waals surface area contributed by atoms with Gasteiger partial charge in [0.2, 0.25) is 15.9 Å². The number of nitriles is 1. The van der Waals surface area contributed by atoms with Crippen molar-refractivity contribution in [3.8, 4) is 23.4 Å². The fourth-order valence-electron chi connectivity index (χ4n) is 4.94. The standard InChI is InChI=1S/C25H26F4N4O6S/c1-24(2,13-40(31,35)36)16-5-7-33(8-6-16)23(34)17-10-15(11-30)22(32-20(17)21(26)27)37-12-14-3-4-18-19(9-14)39-25(28,29)38-18/h3-4,9-10,16,21H,5-8,12-13H2,1-2H3,(H2,31,35,36). The van der Waals surface area contributed by atoms with Crippen LogP contribution in [0.4, 0.5) is 17.6 Å². The summed E-state index contributed by atoms with van der Waals surface area (Å²) in [6, 6.07) is 6.59. The average molecular weight is 587 g/mol. The highest BCUT2D eigenvalue weighted by molar-refractivity contribution is 7.89. The number of primary sulfonamides is 1. The summed E-state index contributed by atoms with van der Waals surface area (Å²) < 4.78 is 91.8. The maximum atomic E-state index is 14.0. The second-order valence-electron chi connectivity index (χ2n) is 10.3. The molecule has 2 aliphatic heterocycles. The Morgan fingerprint density at radius 3 is 2.50 bits per heavy atom. The number of ether oxygens (including phenoxy) is 3. The van der Waals surface area contributed by atoms with Crippen molar-refractivity contribution in [2.45, 2.75) is 46.0 Å². The molecule has 2 aromatic rings. The molecule has 1 aromatic carbocycles. The van der Waals surface area contributed by atoms with Crippen LogP contribution >= 0.6 is 0 Å². The van der Waals surface area contributed by atoms with Crippen molar-refractivity contribution in [1.29, 1.82) is 5.26 Å². The second kappa shape index (κ2) is 10.7. The highest BCUT2D eigenvalue weighted by atomic mass is 32.2. The van der Waals surface area contributed by atoms with Gasteiger partial charge in [-0.05, 0) is 47.9 Å². The molecule has 1 aromatic heterocycles. The second-order valence-corrected chi connectivity index (χ2v) is 11.9. The number of hydrogen-bond acceptors (Lipinski definition) is 8. The monoisotopic (exact) mass is 586 g/mol. The van der Waals surface area contributed by atoms with Crippen LogP contribution in [0, 0.1) is 22.7 Å². The zero-order valence-corrected chi connectivity index (χ0v) is 22.3. The molecule has 1 fully saturated rings. The molecule has 3 heterocycles. The molecular formula is C25H26F4N4O6S. The first kappa shape index (κ1) is 29.3. The number of hydrogen-bond donors (Lipinski definition) is 1. The number of rotatable bonds is 8. The van der Waals surface area contributed by atoms with Gasteiger partial charge in [0.15, 0.2) is 11.5 Å². The molecule has 2 aliphatic rings. The van der Waals surface area contributed by atoms with E-state index in [9.17, 15) is 36.0 Å². The molecule has 4 rings (SSSR count). The first-order chi connectivity index (χ1) is 18.6. The highest BCUT2D eigenvalue weighted by Gasteiger charge is 2.43. The molecular weight excluding hydrogens is 560 g/mol. The normalized spacial score (nSPS) is 17.1. The van der Waals surface area contributed by atoms with Gasteiger partial charge < -0.3 is 19.1 Å². The number of carbonyl (C=O) groups excluding carboxylic acids is 1. The van der Waals surface area contributed by atoms with Gasteiger partial charge in [-0.2, -0.15) is 5.26 Å². The summed E-state index contributed by atoms with van der Waals surface area (Å²) in [7, 11) is -3.72. The molecule has 0 aliphatic carbocycles. The fraction of sp³-hybridized carbons (Fsp3) is 0.480. The van der Waals surface area contributed by atoms with E-state index in [2.05, 4.69) is 14.5 Å².